The lowest BCUT2D eigenvalue weighted by Crippen LogP contribution is -2.41. The number of rotatable bonds is 5. The number of nitrogens with zero attached hydrogens (tertiary/aromatic N) is 3. The molecule has 0 radical (unpaired) electrons. The fourth-order valence-electron chi connectivity index (χ4n) is 2.59. The second-order valence-electron chi connectivity index (χ2n) is 6.64. The predicted molar refractivity (Wildman–Crippen MR) is 79.2 cm³/mol. The van der Waals surface area contributed by atoms with Gasteiger partial charge in [-0.15, -0.1) is 0 Å². The first-order valence-electron chi connectivity index (χ1n) is 7.41. The van der Waals surface area contributed by atoms with Gasteiger partial charge in [0.05, 0.1) is 6.20 Å². The monoisotopic (exact) mass is 264 g/mol. The van der Waals surface area contributed by atoms with Gasteiger partial charge in [-0.25, -0.2) is 0 Å². The van der Waals surface area contributed by atoms with E-state index in [1.54, 1.807) is 0 Å². The van der Waals surface area contributed by atoms with Gasteiger partial charge in [-0.3, -0.25) is 4.68 Å². The molecule has 0 aromatic carbocycles. The van der Waals surface area contributed by atoms with E-state index in [1.807, 2.05) is 10.9 Å². The first-order chi connectivity index (χ1) is 8.98. The van der Waals surface area contributed by atoms with E-state index in [2.05, 4.69) is 49.3 Å². The largest absolute Gasteiger partial charge is 0.312 e. The van der Waals surface area contributed by atoms with E-state index < -0.39 is 0 Å². The van der Waals surface area contributed by atoms with Crippen LogP contribution >= 0.6 is 0 Å². The van der Waals surface area contributed by atoms with Crippen LogP contribution in [0.25, 0.3) is 0 Å². The zero-order chi connectivity index (χ0) is 13.9. The summed E-state index contributed by atoms with van der Waals surface area (Å²) in [6.45, 7) is 11.2. The van der Waals surface area contributed by atoms with Gasteiger partial charge in [0.1, 0.15) is 0 Å². The van der Waals surface area contributed by atoms with Crippen molar-refractivity contribution in [2.24, 2.45) is 5.41 Å². The summed E-state index contributed by atoms with van der Waals surface area (Å²) in [5, 5.41) is 7.99. The maximum Gasteiger partial charge on any atom is 0.0534 e. The zero-order valence-electron chi connectivity index (χ0n) is 12.8. The number of hydrogen-bond donors (Lipinski definition) is 1. The lowest BCUT2D eigenvalue weighted by atomic mass is 9.80. The lowest BCUT2D eigenvalue weighted by Gasteiger charge is -2.38. The molecule has 0 spiro atoms. The fourth-order valence-corrected chi connectivity index (χ4v) is 2.59. The molecule has 2 rings (SSSR count). The Morgan fingerprint density at radius 2 is 2.05 bits per heavy atom. The van der Waals surface area contributed by atoms with Crippen molar-refractivity contribution in [1.82, 2.24) is 20.0 Å². The smallest absolute Gasteiger partial charge is 0.0534 e. The Morgan fingerprint density at radius 1 is 1.37 bits per heavy atom. The van der Waals surface area contributed by atoms with E-state index in [4.69, 9.17) is 0 Å². The first kappa shape index (κ1) is 14.5. The van der Waals surface area contributed by atoms with E-state index in [1.165, 1.54) is 31.5 Å². The van der Waals surface area contributed by atoms with Gasteiger partial charge >= 0.3 is 0 Å². The molecular weight excluding hydrogens is 236 g/mol. The van der Waals surface area contributed by atoms with Crippen LogP contribution in [0.1, 0.15) is 45.2 Å². The molecule has 1 aromatic rings. The van der Waals surface area contributed by atoms with Gasteiger partial charge in [-0.1, -0.05) is 6.92 Å². The van der Waals surface area contributed by atoms with Crippen LogP contribution in [-0.4, -0.2) is 41.4 Å². The Morgan fingerprint density at radius 3 is 2.63 bits per heavy atom. The second-order valence-corrected chi connectivity index (χ2v) is 6.64. The molecular formula is C15H28N4. The minimum absolute atomic E-state index is 0.445. The highest BCUT2D eigenvalue weighted by atomic mass is 15.3. The van der Waals surface area contributed by atoms with Crippen LogP contribution < -0.4 is 5.32 Å². The minimum Gasteiger partial charge on any atom is -0.312 e. The fraction of sp³-hybridized carbons (Fsp3) is 0.800. The summed E-state index contributed by atoms with van der Waals surface area (Å²) >= 11 is 0. The van der Waals surface area contributed by atoms with Crippen molar-refractivity contribution in [2.45, 2.75) is 46.2 Å². The molecule has 4 nitrogen and oxygen atoms in total. The van der Waals surface area contributed by atoms with Crippen molar-refractivity contribution < 1.29 is 0 Å². The van der Waals surface area contributed by atoms with Crippen LogP contribution in [0.4, 0.5) is 0 Å². The predicted octanol–water partition coefficient (Wildman–Crippen LogP) is 2.29. The van der Waals surface area contributed by atoms with Crippen LogP contribution in [0, 0.1) is 5.41 Å². The SMILES string of the molecule is CC(C)n1cc(CNCC2(C)CCN(C)CC2)cn1. The van der Waals surface area contributed by atoms with Crippen molar-refractivity contribution >= 4 is 0 Å². The van der Waals surface area contributed by atoms with Crippen molar-refractivity contribution in [3.05, 3.63) is 18.0 Å². The number of hydrogen-bond acceptors (Lipinski definition) is 3. The number of piperidine rings is 1. The van der Waals surface area contributed by atoms with E-state index in [0.717, 1.165) is 13.1 Å². The molecule has 0 saturated carbocycles. The molecule has 19 heavy (non-hydrogen) atoms. The molecule has 1 aliphatic rings. The van der Waals surface area contributed by atoms with E-state index in [0.29, 0.717) is 11.5 Å². The molecule has 1 fully saturated rings. The Balaban J connectivity index is 1.76. The van der Waals surface area contributed by atoms with Crippen LogP contribution in [0.5, 0.6) is 0 Å². The molecule has 1 N–H and O–H groups in total. The van der Waals surface area contributed by atoms with Crippen molar-refractivity contribution in [2.75, 3.05) is 26.7 Å². The minimum atomic E-state index is 0.445. The molecule has 2 heterocycles. The quantitative estimate of drug-likeness (QED) is 0.886. The maximum absolute atomic E-state index is 4.38. The standard InChI is InChI=1S/C15H28N4/c1-13(2)19-11-14(10-17-19)9-16-12-15(3)5-7-18(4)8-6-15/h10-11,13,16H,5-9,12H2,1-4H3. The van der Waals surface area contributed by atoms with Gasteiger partial charge in [0.2, 0.25) is 0 Å². The van der Waals surface area contributed by atoms with Crippen molar-refractivity contribution in [1.29, 1.82) is 0 Å². The highest BCUT2D eigenvalue weighted by Gasteiger charge is 2.28. The number of aromatic nitrogens is 2. The van der Waals surface area contributed by atoms with Gasteiger partial charge in [0.15, 0.2) is 0 Å². The van der Waals surface area contributed by atoms with E-state index in [-0.39, 0.29) is 0 Å². The summed E-state index contributed by atoms with van der Waals surface area (Å²) in [5.41, 5.74) is 1.74. The van der Waals surface area contributed by atoms with Crippen LogP contribution in [-0.2, 0) is 6.54 Å². The third-order valence-corrected chi connectivity index (χ3v) is 4.26. The first-order valence-corrected chi connectivity index (χ1v) is 7.41. The molecule has 0 aliphatic carbocycles. The van der Waals surface area contributed by atoms with Crippen LogP contribution in [0.3, 0.4) is 0 Å². The third kappa shape index (κ3) is 4.05. The number of nitrogens with one attached hydrogen (secondary N) is 1. The topological polar surface area (TPSA) is 33.1 Å². The Kier molecular flexibility index (Phi) is 4.63. The van der Waals surface area contributed by atoms with Crippen molar-refractivity contribution in [3.63, 3.8) is 0 Å². The van der Waals surface area contributed by atoms with Gasteiger partial charge < -0.3 is 10.2 Å². The van der Waals surface area contributed by atoms with Gasteiger partial charge in [-0.05, 0) is 52.2 Å². The summed E-state index contributed by atoms with van der Waals surface area (Å²) in [6.07, 6.45) is 6.71. The number of likely N-dealkylation sites (tertiary alicyclic amines) is 1. The maximum atomic E-state index is 4.38. The Hall–Kier alpha value is -0.870. The summed E-state index contributed by atoms with van der Waals surface area (Å²) in [7, 11) is 2.22. The molecule has 4 heteroatoms. The summed E-state index contributed by atoms with van der Waals surface area (Å²) in [5.74, 6) is 0. The summed E-state index contributed by atoms with van der Waals surface area (Å²) < 4.78 is 2.02. The van der Waals surface area contributed by atoms with Crippen LogP contribution in [0.15, 0.2) is 12.4 Å². The highest BCUT2D eigenvalue weighted by molar-refractivity contribution is 5.04. The molecule has 1 aliphatic heterocycles. The lowest BCUT2D eigenvalue weighted by molar-refractivity contribution is 0.137. The van der Waals surface area contributed by atoms with Crippen molar-refractivity contribution in [3.8, 4) is 0 Å². The molecule has 108 valence electrons. The highest BCUT2D eigenvalue weighted by Crippen LogP contribution is 2.29. The molecule has 0 bridgehead atoms. The summed E-state index contributed by atoms with van der Waals surface area (Å²) in [6, 6.07) is 0.445. The molecule has 1 aromatic heterocycles. The zero-order valence-corrected chi connectivity index (χ0v) is 12.8. The van der Waals surface area contributed by atoms with Gasteiger partial charge in [-0.2, -0.15) is 5.10 Å². The van der Waals surface area contributed by atoms with Gasteiger partial charge in [0, 0.05) is 30.9 Å². The molecule has 0 amide bonds. The normalized spacial score (nSPS) is 20.1. The van der Waals surface area contributed by atoms with E-state index >= 15 is 0 Å². The summed E-state index contributed by atoms with van der Waals surface area (Å²) in [4.78, 5) is 2.43. The Labute approximate surface area is 117 Å². The van der Waals surface area contributed by atoms with E-state index in [9.17, 15) is 0 Å². The molecule has 0 atom stereocenters. The molecule has 0 unspecified atom stereocenters. The molecule has 1 saturated heterocycles. The average molecular weight is 264 g/mol. The van der Waals surface area contributed by atoms with Crippen LogP contribution in [0.2, 0.25) is 0 Å². The Bertz CT molecular complexity index is 389. The average Bonchev–Trinajstić information content (AvgIpc) is 2.82. The third-order valence-electron chi connectivity index (χ3n) is 4.26. The second kappa shape index (κ2) is 6.06. The van der Waals surface area contributed by atoms with Gasteiger partial charge in [0.25, 0.3) is 0 Å².